The first-order valence-corrected chi connectivity index (χ1v) is 6.13. The Labute approximate surface area is 86.6 Å². The molecule has 2 aliphatic rings. The van der Waals surface area contributed by atoms with Crippen molar-refractivity contribution < 1.29 is 9.84 Å². The molecule has 2 fully saturated rings. The lowest BCUT2D eigenvalue weighted by molar-refractivity contribution is -0.0182. The van der Waals surface area contributed by atoms with Gasteiger partial charge >= 0.3 is 0 Å². The minimum atomic E-state index is -0.343. The van der Waals surface area contributed by atoms with Crippen LogP contribution >= 0.6 is 0 Å². The van der Waals surface area contributed by atoms with E-state index in [0.29, 0.717) is 6.10 Å². The molecule has 2 heteroatoms. The Bertz CT molecular complexity index is 167. The van der Waals surface area contributed by atoms with Crippen molar-refractivity contribution >= 4 is 0 Å². The molecular formula is C12H22O2. The van der Waals surface area contributed by atoms with Crippen LogP contribution in [0.5, 0.6) is 0 Å². The van der Waals surface area contributed by atoms with Crippen LogP contribution < -0.4 is 0 Å². The van der Waals surface area contributed by atoms with Crippen LogP contribution in [0.3, 0.4) is 0 Å². The molecule has 0 amide bonds. The van der Waals surface area contributed by atoms with E-state index in [0.717, 1.165) is 32.3 Å². The molecule has 2 nitrogen and oxygen atoms in total. The Morgan fingerprint density at radius 1 is 1.14 bits per heavy atom. The van der Waals surface area contributed by atoms with Crippen molar-refractivity contribution in [1.82, 2.24) is 0 Å². The van der Waals surface area contributed by atoms with E-state index in [-0.39, 0.29) is 5.60 Å². The zero-order valence-electron chi connectivity index (χ0n) is 9.00. The summed E-state index contributed by atoms with van der Waals surface area (Å²) in [5, 5.41) is 10.3. The first kappa shape index (κ1) is 10.4. The Hall–Kier alpha value is -0.0800. The fourth-order valence-electron chi connectivity index (χ4n) is 2.76. The molecule has 1 saturated carbocycles. The van der Waals surface area contributed by atoms with Gasteiger partial charge in [0.05, 0.1) is 11.7 Å². The molecule has 0 spiro atoms. The Morgan fingerprint density at radius 2 is 1.93 bits per heavy atom. The lowest BCUT2D eigenvalue weighted by Gasteiger charge is -2.32. The normalized spacial score (nSPS) is 31.9. The smallest absolute Gasteiger partial charge is 0.0648 e. The third-order valence-corrected chi connectivity index (χ3v) is 3.74. The van der Waals surface area contributed by atoms with Gasteiger partial charge in [-0.15, -0.1) is 0 Å². The molecular weight excluding hydrogens is 176 g/mol. The van der Waals surface area contributed by atoms with Crippen molar-refractivity contribution in [2.45, 2.75) is 69.5 Å². The highest BCUT2D eigenvalue weighted by Crippen LogP contribution is 2.33. The van der Waals surface area contributed by atoms with Crippen LogP contribution in [0.15, 0.2) is 0 Å². The van der Waals surface area contributed by atoms with Gasteiger partial charge in [0, 0.05) is 6.61 Å². The molecule has 1 aliphatic carbocycles. The zero-order chi connectivity index (χ0) is 9.86. The summed E-state index contributed by atoms with van der Waals surface area (Å²) in [5.41, 5.74) is -0.343. The van der Waals surface area contributed by atoms with Crippen LogP contribution in [0.2, 0.25) is 0 Å². The van der Waals surface area contributed by atoms with Gasteiger partial charge in [-0.05, 0) is 38.5 Å². The molecule has 1 N–H and O–H groups in total. The van der Waals surface area contributed by atoms with E-state index in [4.69, 9.17) is 4.74 Å². The standard InChI is InChI=1S/C12H22O2/c13-12(7-2-1-3-8-12)9-6-11-5-4-10-14-11/h11,13H,1-10H2. The maximum Gasteiger partial charge on any atom is 0.0648 e. The molecule has 1 aliphatic heterocycles. The molecule has 2 rings (SSSR count). The Kier molecular flexibility index (Phi) is 3.45. The summed E-state index contributed by atoms with van der Waals surface area (Å²) in [6, 6.07) is 0. The zero-order valence-corrected chi connectivity index (χ0v) is 9.00. The molecule has 82 valence electrons. The van der Waals surface area contributed by atoms with Crippen molar-refractivity contribution in [1.29, 1.82) is 0 Å². The molecule has 0 radical (unpaired) electrons. The molecule has 1 unspecified atom stereocenters. The van der Waals surface area contributed by atoms with Gasteiger partial charge in [0.1, 0.15) is 0 Å². The van der Waals surface area contributed by atoms with E-state index >= 15 is 0 Å². The fourth-order valence-corrected chi connectivity index (χ4v) is 2.76. The summed E-state index contributed by atoms with van der Waals surface area (Å²) in [5.74, 6) is 0. The predicted octanol–water partition coefficient (Wildman–Crippen LogP) is 2.64. The summed E-state index contributed by atoms with van der Waals surface area (Å²) in [7, 11) is 0. The van der Waals surface area contributed by atoms with Gasteiger partial charge in [0.2, 0.25) is 0 Å². The van der Waals surface area contributed by atoms with Gasteiger partial charge in [-0.2, -0.15) is 0 Å². The highest BCUT2D eigenvalue weighted by Gasteiger charge is 2.30. The minimum absolute atomic E-state index is 0.343. The molecule has 14 heavy (non-hydrogen) atoms. The second-order valence-electron chi connectivity index (χ2n) is 4.96. The fraction of sp³-hybridized carbons (Fsp3) is 1.00. The summed E-state index contributed by atoms with van der Waals surface area (Å²) in [6.45, 7) is 0.934. The van der Waals surface area contributed by atoms with E-state index in [9.17, 15) is 5.11 Å². The average Bonchev–Trinajstić information content (AvgIpc) is 2.69. The van der Waals surface area contributed by atoms with Crippen LogP contribution in [0.25, 0.3) is 0 Å². The third-order valence-electron chi connectivity index (χ3n) is 3.74. The van der Waals surface area contributed by atoms with Crippen LogP contribution in [0, 0.1) is 0 Å². The molecule has 0 aromatic heterocycles. The topological polar surface area (TPSA) is 29.5 Å². The summed E-state index contributed by atoms with van der Waals surface area (Å²) in [4.78, 5) is 0. The summed E-state index contributed by atoms with van der Waals surface area (Å²) >= 11 is 0. The van der Waals surface area contributed by atoms with E-state index in [1.807, 2.05) is 0 Å². The monoisotopic (exact) mass is 198 g/mol. The SMILES string of the molecule is OC1(CCC2CCCO2)CCCCC1. The summed E-state index contributed by atoms with van der Waals surface area (Å²) in [6.07, 6.45) is 10.6. The van der Waals surface area contributed by atoms with Gasteiger partial charge in [-0.3, -0.25) is 0 Å². The molecule has 1 atom stereocenters. The van der Waals surface area contributed by atoms with Gasteiger partial charge in [-0.1, -0.05) is 19.3 Å². The van der Waals surface area contributed by atoms with Crippen LogP contribution in [-0.2, 0) is 4.74 Å². The van der Waals surface area contributed by atoms with Crippen molar-refractivity contribution in [3.63, 3.8) is 0 Å². The molecule has 0 aromatic rings. The van der Waals surface area contributed by atoms with Gasteiger partial charge < -0.3 is 9.84 Å². The Balaban J connectivity index is 1.72. The maximum absolute atomic E-state index is 10.3. The van der Waals surface area contributed by atoms with Crippen molar-refractivity contribution in [2.24, 2.45) is 0 Å². The van der Waals surface area contributed by atoms with Crippen LogP contribution in [-0.4, -0.2) is 23.4 Å². The summed E-state index contributed by atoms with van der Waals surface area (Å²) < 4.78 is 5.58. The van der Waals surface area contributed by atoms with Crippen molar-refractivity contribution in [3.05, 3.63) is 0 Å². The van der Waals surface area contributed by atoms with Gasteiger partial charge in [-0.25, -0.2) is 0 Å². The highest BCUT2D eigenvalue weighted by molar-refractivity contribution is 4.83. The second-order valence-corrected chi connectivity index (χ2v) is 4.96. The van der Waals surface area contributed by atoms with Crippen LogP contribution in [0.1, 0.15) is 57.8 Å². The number of ether oxygens (including phenoxy) is 1. The first-order valence-electron chi connectivity index (χ1n) is 6.13. The first-order chi connectivity index (χ1) is 6.79. The molecule has 0 aromatic carbocycles. The molecule has 1 heterocycles. The number of hydrogen-bond donors (Lipinski definition) is 1. The Morgan fingerprint density at radius 3 is 2.57 bits per heavy atom. The quantitative estimate of drug-likeness (QED) is 0.755. The number of rotatable bonds is 3. The van der Waals surface area contributed by atoms with Crippen molar-refractivity contribution in [2.75, 3.05) is 6.61 Å². The number of hydrogen-bond acceptors (Lipinski definition) is 2. The van der Waals surface area contributed by atoms with E-state index in [1.54, 1.807) is 0 Å². The highest BCUT2D eigenvalue weighted by atomic mass is 16.5. The number of aliphatic hydroxyl groups is 1. The predicted molar refractivity (Wildman–Crippen MR) is 56.2 cm³/mol. The van der Waals surface area contributed by atoms with Gasteiger partial charge in [0.25, 0.3) is 0 Å². The van der Waals surface area contributed by atoms with Crippen LogP contribution in [0.4, 0.5) is 0 Å². The lowest BCUT2D eigenvalue weighted by atomic mass is 9.81. The molecule has 1 saturated heterocycles. The van der Waals surface area contributed by atoms with E-state index in [2.05, 4.69) is 0 Å². The van der Waals surface area contributed by atoms with Gasteiger partial charge in [0.15, 0.2) is 0 Å². The van der Waals surface area contributed by atoms with Crippen molar-refractivity contribution in [3.8, 4) is 0 Å². The molecule has 0 bridgehead atoms. The minimum Gasteiger partial charge on any atom is -0.390 e. The second kappa shape index (κ2) is 4.63. The van der Waals surface area contributed by atoms with E-state index < -0.39 is 0 Å². The lowest BCUT2D eigenvalue weighted by Crippen LogP contribution is -2.32. The average molecular weight is 198 g/mol. The maximum atomic E-state index is 10.3. The largest absolute Gasteiger partial charge is 0.390 e. The van der Waals surface area contributed by atoms with E-state index in [1.165, 1.54) is 32.1 Å². The third kappa shape index (κ3) is 2.71.